The molecule has 0 aliphatic carbocycles. The summed E-state index contributed by atoms with van der Waals surface area (Å²) in [5, 5.41) is 2.55. The van der Waals surface area contributed by atoms with Crippen molar-refractivity contribution in [1.29, 1.82) is 0 Å². The maximum atomic E-state index is 11.2. The van der Waals surface area contributed by atoms with Crippen LogP contribution in [0.1, 0.15) is 20.8 Å². The lowest BCUT2D eigenvalue weighted by atomic mass is 10.3. The van der Waals surface area contributed by atoms with Crippen molar-refractivity contribution in [2.24, 2.45) is 0 Å². The van der Waals surface area contributed by atoms with Crippen molar-refractivity contribution in [2.45, 2.75) is 30.6 Å². The molecule has 0 saturated heterocycles. The Balaban J connectivity index is 3.06. The molecule has 1 N–H and O–H groups in total. The molecule has 0 unspecified atom stereocenters. The van der Waals surface area contributed by atoms with Crippen LogP contribution in [0.2, 0.25) is 0 Å². The lowest BCUT2D eigenvalue weighted by Crippen LogP contribution is -2.07. The molecule has 0 aromatic heterocycles. The van der Waals surface area contributed by atoms with Gasteiger partial charge in [0.2, 0.25) is 5.91 Å². The molecule has 0 bridgehead atoms. The fourth-order valence-electron chi connectivity index (χ4n) is 1.26. The number of rotatable bonds is 3. The number of carbonyl (C=O) groups is 3. The highest BCUT2D eigenvalue weighted by molar-refractivity contribution is 8.14. The van der Waals surface area contributed by atoms with Crippen LogP contribution in [-0.2, 0) is 14.4 Å². The largest absolute Gasteiger partial charge is 0.325 e. The third-order valence-corrected chi connectivity index (χ3v) is 3.40. The van der Waals surface area contributed by atoms with Gasteiger partial charge in [-0.05, 0) is 18.2 Å². The Morgan fingerprint density at radius 2 is 1.61 bits per heavy atom. The molecular formula is C12H13NO3S2. The van der Waals surface area contributed by atoms with Gasteiger partial charge in [0.25, 0.3) is 0 Å². The Morgan fingerprint density at radius 3 is 2.11 bits per heavy atom. The van der Waals surface area contributed by atoms with Crippen LogP contribution in [0.15, 0.2) is 28.0 Å². The summed E-state index contributed by atoms with van der Waals surface area (Å²) in [6.45, 7) is 4.33. The molecule has 0 aliphatic heterocycles. The van der Waals surface area contributed by atoms with E-state index in [9.17, 15) is 14.4 Å². The highest BCUT2D eigenvalue weighted by Gasteiger charge is 2.10. The van der Waals surface area contributed by atoms with Gasteiger partial charge in [-0.15, -0.1) is 0 Å². The van der Waals surface area contributed by atoms with E-state index in [2.05, 4.69) is 5.32 Å². The Morgan fingerprint density at radius 1 is 1.00 bits per heavy atom. The summed E-state index contributed by atoms with van der Waals surface area (Å²) in [7, 11) is 0. The van der Waals surface area contributed by atoms with Crippen molar-refractivity contribution in [3.8, 4) is 0 Å². The summed E-state index contributed by atoms with van der Waals surface area (Å²) in [4.78, 5) is 34.6. The first kappa shape index (κ1) is 14.8. The van der Waals surface area contributed by atoms with Gasteiger partial charge in [0, 0.05) is 30.6 Å². The maximum Gasteiger partial charge on any atom is 0.221 e. The topological polar surface area (TPSA) is 63.2 Å². The summed E-state index contributed by atoms with van der Waals surface area (Å²) in [6.07, 6.45) is 0. The van der Waals surface area contributed by atoms with Gasteiger partial charge >= 0.3 is 0 Å². The predicted molar refractivity (Wildman–Crippen MR) is 73.8 cm³/mol. The Hall–Kier alpha value is -1.27. The monoisotopic (exact) mass is 283 g/mol. The van der Waals surface area contributed by atoms with Crippen molar-refractivity contribution in [3.63, 3.8) is 0 Å². The smallest absolute Gasteiger partial charge is 0.221 e. The van der Waals surface area contributed by atoms with Gasteiger partial charge in [0.05, 0.1) is 5.69 Å². The van der Waals surface area contributed by atoms with Crippen LogP contribution < -0.4 is 5.32 Å². The fourth-order valence-corrected chi connectivity index (χ4v) is 2.71. The predicted octanol–water partition coefficient (Wildman–Crippen LogP) is 2.92. The molecule has 6 heteroatoms. The zero-order valence-corrected chi connectivity index (χ0v) is 11.9. The summed E-state index contributed by atoms with van der Waals surface area (Å²) < 4.78 is 0. The first-order chi connectivity index (χ1) is 8.38. The SMILES string of the molecule is CC(=O)Nc1ccc(SC(C)=O)cc1SC(C)=O. The van der Waals surface area contributed by atoms with Gasteiger partial charge in [-0.3, -0.25) is 14.4 Å². The van der Waals surface area contributed by atoms with Crippen LogP contribution in [0.5, 0.6) is 0 Å². The Labute approximate surface area is 114 Å². The van der Waals surface area contributed by atoms with E-state index < -0.39 is 0 Å². The van der Waals surface area contributed by atoms with Gasteiger partial charge in [-0.25, -0.2) is 0 Å². The number of hydrogen-bond acceptors (Lipinski definition) is 5. The number of amides is 1. The van der Waals surface area contributed by atoms with E-state index in [4.69, 9.17) is 0 Å². The molecular weight excluding hydrogens is 270 g/mol. The Bertz CT molecular complexity index is 500. The van der Waals surface area contributed by atoms with Gasteiger partial charge < -0.3 is 5.32 Å². The van der Waals surface area contributed by atoms with Crippen LogP contribution in [0.3, 0.4) is 0 Å². The second-order valence-electron chi connectivity index (χ2n) is 3.53. The molecule has 1 amide bonds. The average molecular weight is 283 g/mol. The molecule has 1 aromatic carbocycles. The number of nitrogens with one attached hydrogen (secondary N) is 1. The third kappa shape index (κ3) is 4.93. The minimum absolute atomic E-state index is 0.0268. The van der Waals surface area contributed by atoms with Gasteiger partial charge in [0.15, 0.2) is 10.2 Å². The molecule has 0 aliphatic rings. The van der Waals surface area contributed by atoms with Crippen molar-refractivity contribution < 1.29 is 14.4 Å². The number of thioether (sulfide) groups is 2. The summed E-state index contributed by atoms with van der Waals surface area (Å²) >= 11 is 2.12. The zero-order chi connectivity index (χ0) is 13.7. The molecule has 0 heterocycles. The van der Waals surface area contributed by atoms with E-state index >= 15 is 0 Å². The minimum Gasteiger partial charge on any atom is -0.325 e. The van der Waals surface area contributed by atoms with E-state index in [1.807, 2.05) is 0 Å². The molecule has 1 aromatic rings. The number of hydrogen-bond donors (Lipinski definition) is 1. The molecule has 0 atom stereocenters. The van der Waals surface area contributed by atoms with Crippen LogP contribution >= 0.6 is 23.5 Å². The van der Waals surface area contributed by atoms with Crippen LogP contribution in [-0.4, -0.2) is 16.1 Å². The van der Waals surface area contributed by atoms with E-state index in [1.165, 1.54) is 20.8 Å². The quantitative estimate of drug-likeness (QED) is 0.864. The van der Waals surface area contributed by atoms with Crippen molar-refractivity contribution in [3.05, 3.63) is 18.2 Å². The zero-order valence-electron chi connectivity index (χ0n) is 10.3. The molecule has 1 rings (SSSR count). The normalized spacial score (nSPS) is 9.94. The van der Waals surface area contributed by atoms with Crippen molar-refractivity contribution >= 4 is 45.3 Å². The van der Waals surface area contributed by atoms with E-state index in [1.54, 1.807) is 18.2 Å². The first-order valence-corrected chi connectivity index (χ1v) is 6.80. The van der Waals surface area contributed by atoms with Crippen LogP contribution in [0, 0.1) is 0 Å². The molecule has 0 fully saturated rings. The van der Waals surface area contributed by atoms with Crippen LogP contribution in [0.4, 0.5) is 5.69 Å². The summed E-state index contributed by atoms with van der Waals surface area (Å²) in [5.74, 6) is -0.202. The highest BCUT2D eigenvalue weighted by atomic mass is 32.2. The number of benzene rings is 1. The van der Waals surface area contributed by atoms with Crippen molar-refractivity contribution in [1.82, 2.24) is 0 Å². The molecule has 0 radical (unpaired) electrons. The lowest BCUT2D eigenvalue weighted by molar-refractivity contribution is -0.114. The molecule has 0 saturated carbocycles. The van der Waals surface area contributed by atoms with Gasteiger partial charge in [0.1, 0.15) is 0 Å². The highest BCUT2D eigenvalue weighted by Crippen LogP contribution is 2.32. The fraction of sp³-hybridized carbons (Fsp3) is 0.250. The average Bonchev–Trinajstić information content (AvgIpc) is 2.19. The van der Waals surface area contributed by atoms with E-state index in [0.717, 1.165) is 28.4 Å². The first-order valence-electron chi connectivity index (χ1n) is 5.17. The summed E-state index contributed by atoms with van der Waals surface area (Å²) in [5.41, 5.74) is 0.579. The molecule has 18 heavy (non-hydrogen) atoms. The van der Waals surface area contributed by atoms with Gasteiger partial charge in [-0.2, -0.15) is 0 Å². The standard InChI is InChI=1S/C12H13NO3S2/c1-7(14)13-11-5-4-10(17-8(2)15)6-12(11)18-9(3)16/h4-6H,1-3H3,(H,13,14). The number of carbonyl (C=O) groups excluding carboxylic acids is 3. The van der Waals surface area contributed by atoms with E-state index in [-0.39, 0.29) is 16.1 Å². The maximum absolute atomic E-state index is 11.2. The number of anilines is 1. The van der Waals surface area contributed by atoms with E-state index in [0.29, 0.717) is 10.6 Å². The Kier molecular flexibility index (Phi) is 5.43. The third-order valence-electron chi connectivity index (χ3n) is 1.78. The second kappa shape index (κ2) is 6.61. The molecule has 96 valence electrons. The summed E-state index contributed by atoms with van der Waals surface area (Å²) in [6, 6.07) is 5.16. The minimum atomic E-state index is -0.202. The van der Waals surface area contributed by atoms with Crippen molar-refractivity contribution in [2.75, 3.05) is 5.32 Å². The van der Waals surface area contributed by atoms with Crippen LogP contribution in [0.25, 0.3) is 0 Å². The second-order valence-corrected chi connectivity index (χ2v) is 6.00. The molecule has 4 nitrogen and oxygen atoms in total. The lowest BCUT2D eigenvalue weighted by Gasteiger charge is -2.09. The van der Waals surface area contributed by atoms with Gasteiger partial charge in [-0.1, -0.05) is 23.5 Å². The molecule has 0 spiro atoms.